The number of benzene rings is 2. The van der Waals surface area contributed by atoms with E-state index in [1.165, 1.54) is 24.3 Å². The summed E-state index contributed by atoms with van der Waals surface area (Å²) in [5.74, 6) is 1.10. The van der Waals surface area contributed by atoms with E-state index in [-0.39, 0.29) is 63.5 Å². The smallest absolute Gasteiger partial charge is 0.319 e. The van der Waals surface area contributed by atoms with Gasteiger partial charge in [0.15, 0.2) is 5.82 Å². The SMILES string of the molecule is C#Cc1c(F)ccc2cc(O)cc(-c3nc(OC(C)C)c4c(N5CCCOCC5)nc(OC[C@@]56CCCN5C[C@H](F)C6)nc4c3F)c12. The Labute approximate surface area is 270 Å². The maximum Gasteiger partial charge on any atom is 0.319 e. The summed E-state index contributed by atoms with van der Waals surface area (Å²) < 4.78 is 64.7. The van der Waals surface area contributed by atoms with E-state index in [2.05, 4.69) is 20.8 Å². The molecule has 5 heterocycles. The summed E-state index contributed by atoms with van der Waals surface area (Å²) in [5.41, 5.74) is -0.848. The molecule has 3 aliphatic rings. The van der Waals surface area contributed by atoms with Crippen molar-refractivity contribution in [1.82, 2.24) is 19.9 Å². The number of terminal acetylenes is 1. The molecule has 0 unspecified atom stereocenters. The Kier molecular flexibility index (Phi) is 8.22. The number of pyridine rings is 1. The number of fused-ring (bicyclic) bond motifs is 3. The highest BCUT2D eigenvalue weighted by atomic mass is 19.1. The second-order valence-electron chi connectivity index (χ2n) is 12.8. The lowest BCUT2D eigenvalue weighted by molar-refractivity contribution is 0.107. The number of rotatable bonds is 7. The fraction of sp³-hybridized carbons (Fsp3) is 0.457. The average Bonchev–Trinajstić information content (AvgIpc) is 3.42. The van der Waals surface area contributed by atoms with E-state index in [0.29, 0.717) is 56.9 Å². The first-order valence-corrected chi connectivity index (χ1v) is 16.0. The molecule has 0 radical (unpaired) electrons. The quantitative estimate of drug-likeness (QED) is 0.251. The Balaban J connectivity index is 1.46. The number of hydrogen-bond donors (Lipinski definition) is 1. The standard InChI is InChI=1S/C35H36F3N5O4/c1-4-24-26(37)8-7-21-15-23(44)16-25(27(21)24)30-29(38)31-28(33(39-30)47-20(2)3)32(42-10-6-13-45-14-12-42)41-34(40-31)46-19-35-9-5-11-43(35)18-22(36)17-35/h1,7-8,15-16,20,22,44H,5-6,9-14,17-19H2,2-3H3/t22-,35+/m1/s1. The Morgan fingerprint density at radius 1 is 1.11 bits per heavy atom. The number of hydrogen-bond acceptors (Lipinski definition) is 9. The maximum absolute atomic E-state index is 17.1. The predicted molar refractivity (Wildman–Crippen MR) is 172 cm³/mol. The van der Waals surface area contributed by atoms with Gasteiger partial charge in [0.1, 0.15) is 46.8 Å². The van der Waals surface area contributed by atoms with Crippen LogP contribution in [0.15, 0.2) is 24.3 Å². The van der Waals surface area contributed by atoms with Gasteiger partial charge in [-0.15, -0.1) is 6.42 Å². The number of phenols is 1. The Morgan fingerprint density at radius 2 is 1.96 bits per heavy atom. The molecule has 246 valence electrons. The van der Waals surface area contributed by atoms with Crippen LogP contribution in [0.4, 0.5) is 19.0 Å². The fourth-order valence-corrected chi connectivity index (χ4v) is 7.24. The van der Waals surface area contributed by atoms with E-state index in [4.69, 9.17) is 25.6 Å². The molecule has 3 fully saturated rings. The number of aromatic nitrogens is 3. The lowest BCUT2D eigenvalue weighted by atomic mass is 9.95. The van der Waals surface area contributed by atoms with Crippen molar-refractivity contribution < 1.29 is 32.5 Å². The zero-order valence-corrected chi connectivity index (χ0v) is 26.4. The molecule has 12 heteroatoms. The molecule has 0 amide bonds. The van der Waals surface area contributed by atoms with Crippen molar-refractivity contribution in [3.8, 4) is 41.2 Å². The van der Waals surface area contributed by atoms with E-state index in [1.54, 1.807) is 0 Å². The third kappa shape index (κ3) is 5.65. The molecule has 7 rings (SSSR count). The second kappa shape index (κ2) is 12.4. The maximum atomic E-state index is 17.1. The number of phenolic OH excluding ortho intramolecular Hbond substituents is 1. The van der Waals surface area contributed by atoms with Crippen LogP contribution in [0.1, 0.15) is 45.1 Å². The van der Waals surface area contributed by atoms with Gasteiger partial charge >= 0.3 is 6.01 Å². The molecule has 0 bridgehead atoms. The Bertz CT molecular complexity index is 1890. The van der Waals surface area contributed by atoms with Gasteiger partial charge in [0, 0.05) is 43.6 Å². The zero-order valence-electron chi connectivity index (χ0n) is 26.4. The number of aromatic hydroxyl groups is 1. The molecule has 2 atom stereocenters. The van der Waals surface area contributed by atoms with Gasteiger partial charge in [-0.1, -0.05) is 12.0 Å². The summed E-state index contributed by atoms with van der Waals surface area (Å²) in [4.78, 5) is 18.1. The van der Waals surface area contributed by atoms with E-state index < -0.39 is 23.3 Å². The molecule has 3 saturated heterocycles. The summed E-state index contributed by atoms with van der Waals surface area (Å²) in [6.45, 7) is 6.97. The molecule has 4 aromatic rings. The van der Waals surface area contributed by atoms with Crippen molar-refractivity contribution in [2.24, 2.45) is 0 Å². The van der Waals surface area contributed by atoms with Crippen molar-refractivity contribution >= 4 is 27.5 Å². The van der Waals surface area contributed by atoms with E-state index in [9.17, 15) is 13.9 Å². The number of ether oxygens (including phenoxy) is 3. The first kappa shape index (κ1) is 31.3. The molecule has 0 aliphatic carbocycles. The summed E-state index contributed by atoms with van der Waals surface area (Å²) in [5, 5.41) is 11.5. The van der Waals surface area contributed by atoms with Crippen LogP contribution >= 0.6 is 0 Å². The largest absolute Gasteiger partial charge is 0.508 e. The van der Waals surface area contributed by atoms with Gasteiger partial charge in [0.25, 0.3) is 0 Å². The van der Waals surface area contributed by atoms with E-state index in [0.717, 1.165) is 19.4 Å². The van der Waals surface area contributed by atoms with Crippen LogP contribution in [0.5, 0.6) is 17.6 Å². The molecular weight excluding hydrogens is 611 g/mol. The summed E-state index contributed by atoms with van der Waals surface area (Å²) in [6, 6.07) is 5.32. The topological polar surface area (TPSA) is 93.1 Å². The normalized spacial score (nSPS) is 21.7. The Hall–Kier alpha value is -4.34. The predicted octanol–water partition coefficient (Wildman–Crippen LogP) is 5.78. The van der Waals surface area contributed by atoms with Gasteiger partial charge in [-0.25, -0.2) is 18.2 Å². The molecule has 1 N–H and O–H groups in total. The highest BCUT2D eigenvalue weighted by molar-refractivity contribution is 6.04. The minimum Gasteiger partial charge on any atom is -0.508 e. The molecule has 0 spiro atoms. The second-order valence-corrected chi connectivity index (χ2v) is 12.8. The van der Waals surface area contributed by atoms with Crippen LogP contribution in [0.3, 0.4) is 0 Å². The summed E-state index contributed by atoms with van der Waals surface area (Å²) in [6.07, 6.45) is 7.18. The molecule has 47 heavy (non-hydrogen) atoms. The van der Waals surface area contributed by atoms with Gasteiger partial charge in [-0.3, -0.25) is 4.90 Å². The van der Waals surface area contributed by atoms with Crippen LogP contribution in [-0.4, -0.2) is 88.8 Å². The van der Waals surface area contributed by atoms with Crippen molar-refractivity contribution in [2.45, 2.75) is 57.3 Å². The van der Waals surface area contributed by atoms with Crippen LogP contribution in [0.25, 0.3) is 32.9 Å². The summed E-state index contributed by atoms with van der Waals surface area (Å²) >= 11 is 0. The average molecular weight is 648 g/mol. The Morgan fingerprint density at radius 3 is 2.77 bits per heavy atom. The zero-order chi connectivity index (χ0) is 32.9. The van der Waals surface area contributed by atoms with E-state index in [1.807, 2.05) is 18.7 Å². The van der Waals surface area contributed by atoms with Gasteiger partial charge < -0.3 is 24.2 Å². The lowest BCUT2D eigenvalue weighted by Crippen LogP contribution is -2.43. The monoisotopic (exact) mass is 647 g/mol. The van der Waals surface area contributed by atoms with Crippen LogP contribution in [0.2, 0.25) is 0 Å². The third-order valence-corrected chi connectivity index (χ3v) is 9.26. The lowest BCUT2D eigenvalue weighted by Gasteiger charge is -2.31. The highest BCUT2D eigenvalue weighted by Gasteiger charge is 2.49. The fourth-order valence-electron chi connectivity index (χ4n) is 7.24. The van der Waals surface area contributed by atoms with Gasteiger partial charge in [-0.2, -0.15) is 9.97 Å². The molecule has 2 aromatic heterocycles. The first-order valence-electron chi connectivity index (χ1n) is 16.0. The van der Waals surface area contributed by atoms with Gasteiger partial charge in [0.2, 0.25) is 5.88 Å². The molecule has 0 saturated carbocycles. The van der Waals surface area contributed by atoms with Crippen molar-refractivity contribution in [2.75, 3.05) is 50.9 Å². The molecular formula is C35H36F3N5O4. The van der Waals surface area contributed by atoms with Gasteiger partial charge in [-0.05, 0) is 63.2 Å². The number of halogens is 3. The van der Waals surface area contributed by atoms with Crippen LogP contribution in [-0.2, 0) is 4.74 Å². The minimum absolute atomic E-state index is 0.0601. The van der Waals surface area contributed by atoms with Gasteiger partial charge in [0.05, 0.1) is 23.8 Å². The third-order valence-electron chi connectivity index (χ3n) is 9.26. The summed E-state index contributed by atoms with van der Waals surface area (Å²) in [7, 11) is 0. The first-order chi connectivity index (χ1) is 22.7. The van der Waals surface area contributed by atoms with Crippen LogP contribution < -0.4 is 14.4 Å². The van der Waals surface area contributed by atoms with Crippen molar-refractivity contribution in [3.05, 3.63) is 41.5 Å². The van der Waals surface area contributed by atoms with Crippen molar-refractivity contribution in [1.29, 1.82) is 0 Å². The van der Waals surface area contributed by atoms with Crippen molar-refractivity contribution in [3.63, 3.8) is 0 Å². The number of anilines is 1. The van der Waals surface area contributed by atoms with E-state index >= 15 is 4.39 Å². The number of nitrogens with zero attached hydrogens (tertiary/aromatic N) is 5. The molecule has 2 aromatic carbocycles. The number of alkyl halides is 1. The molecule has 3 aliphatic heterocycles. The molecule has 9 nitrogen and oxygen atoms in total. The minimum atomic E-state index is -0.944. The van der Waals surface area contributed by atoms with Crippen LogP contribution in [0, 0.1) is 24.0 Å². The highest BCUT2D eigenvalue weighted by Crippen LogP contribution is 2.43.